The molecule has 0 fully saturated rings. The van der Waals surface area contributed by atoms with Crippen LogP contribution in [-0.4, -0.2) is 12.0 Å². The quantitative estimate of drug-likeness (QED) is 0.467. The van der Waals surface area contributed by atoms with Gasteiger partial charge in [0.05, 0.1) is 0 Å². The van der Waals surface area contributed by atoms with Gasteiger partial charge in [0.15, 0.2) is 0 Å². The number of aryl methyl sites for hydroxylation is 2. The molecular formula is C12H14ClN. The summed E-state index contributed by atoms with van der Waals surface area (Å²) in [5.41, 5.74) is 4.67. The molecule has 0 N–H and O–H groups in total. The summed E-state index contributed by atoms with van der Waals surface area (Å²) in [4.78, 5) is 2.39. The van der Waals surface area contributed by atoms with Crippen molar-refractivity contribution in [3.8, 4) is 0 Å². The van der Waals surface area contributed by atoms with Gasteiger partial charge in [-0.15, -0.1) is 0 Å². The maximum atomic E-state index is 6.34. The lowest BCUT2D eigenvalue weighted by Gasteiger charge is -2.40. The van der Waals surface area contributed by atoms with Gasteiger partial charge in [0, 0.05) is 12.2 Å². The lowest BCUT2D eigenvalue weighted by Crippen LogP contribution is -2.39. The minimum absolute atomic E-state index is 0.226. The maximum Gasteiger partial charge on any atom is 0.104 e. The van der Waals surface area contributed by atoms with Crippen molar-refractivity contribution in [1.29, 1.82) is 0 Å². The Labute approximate surface area is 89.7 Å². The second-order valence-corrected chi connectivity index (χ2v) is 4.70. The molecule has 2 aliphatic rings. The van der Waals surface area contributed by atoms with E-state index in [2.05, 4.69) is 23.1 Å². The fourth-order valence-corrected chi connectivity index (χ4v) is 2.98. The molecule has 3 rings (SSSR count). The third-order valence-electron chi connectivity index (χ3n) is 3.33. The van der Waals surface area contributed by atoms with E-state index >= 15 is 0 Å². The summed E-state index contributed by atoms with van der Waals surface area (Å²) in [6, 6.07) is 6.69. The topological polar surface area (TPSA) is 3.24 Å². The van der Waals surface area contributed by atoms with E-state index in [1.54, 1.807) is 0 Å². The number of rotatable bonds is 0. The van der Waals surface area contributed by atoms with Crippen LogP contribution in [-0.2, 0) is 12.8 Å². The van der Waals surface area contributed by atoms with Crippen molar-refractivity contribution in [3.63, 3.8) is 0 Å². The molecule has 2 heterocycles. The number of alkyl halides is 1. The van der Waals surface area contributed by atoms with Crippen molar-refractivity contribution in [2.45, 2.75) is 31.2 Å². The molecule has 0 bridgehead atoms. The SMILES string of the molecule is ClC1CCc2cccc3c2N1CCC3. The van der Waals surface area contributed by atoms with Gasteiger partial charge in [0.2, 0.25) is 0 Å². The van der Waals surface area contributed by atoms with Gasteiger partial charge >= 0.3 is 0 Å². The molecule has 2 heteroatoms. The first kappa shape index (κ1) is 8.60. The lowest BCUT2D eigenvalue weighted by atomic mass is 9.92. The molecular weight excluding hydrogens is 194 g/mol. The standard InChI is InChI=1S/C12H14ClN/c13-11-7-6-10-4-1-3-9-5-2-8-14(11)12(9)10/h1,3-4,11H,2,5-8H2. The number of para-hydroxylation sites is 1. The first-order valence-electron chi connectivity index (χ1n) is 5.38. The van der Waals surface area contributed by atoms with Gasteiger partial charge in [-0.05, 0) is 36.8 Å². The fraction of sp³-hybridized carbons (Fsp3) is 0.500. The summed E-state index contributed by atoms with van der Waals surface area (Å²) in [5, 5.41) is 0. The van der Waals surface area contributed by atoms with Gasteiger partial charge < -0.3 is 4.90 Å². The van der Waals surface area contributed by atoms with E-state index in [1.165, 1.54) is 29.7 Å². The number of halogens is 1. The van der Waals surface area contributed by atoms with Crippen LogP contribution in [0.15, 0.2) is 18.2 Å². The number of benzene rings is 1. The van der Waals surface area contributed by atoms with E-state index in [4.69, 9.17) is 11.6 Å². The molecule has 1 aromatic carbocycles. The van der Waals surface area contributed by atoms with Crippen LogP contribution in [0.5, 0.6) is 0 Å². The molecule has 1 aromatic rings. The van der Waals surface area contributed by atoms with Gasteiger partial charge in [-0.3, -0.25) is 0 Å². The second-order valence-electron chi connectivity index (χ2n) is 4.19. The van der Waals surface area contributed by atoms with Crippen LogP contribution in [0, 0.1) is 0 Å². The van der Waals surface area contributed by atoms with E-state index in [0.717, 1.165) is 19.4 Å². The molecule has 74 valence electrons. The van der Waals surface area contributed by atoms with Crippen molar-refractivity contribution in [3.05, 3.63) is 29.3 Å². The van der Waals surface area contributed by atoms with Crippen molar-refractivity contribution in [2.75, 3.05) is 11.4 Å². The van der Waals surface area contributed by atoms with Gasteiger partial charge in [0.1, 0.15) is 5.50 Å². The molecule has 1 atom stereocenters. The Kier molecular flexibility index (Phi) is 1.94. The Morgan fingerprint density at radius 3 is 2.86 bits per heavy atom. The Bertz CT molecular complexity index is 347. The maximum absolute atomic E-state index is 6.34. The summed E-state index contributed by atoms with van der Waals surface area (Å²) in [7, 11) is 0. The predicted octanol–water partition coefficient (Wildman–Crippen LogP) is 2.95. The highest BCUT2D eigenvalue weighted by Gasteiger charge is 2.28. The molecule has 0 radical (unpaired) electrons. The third-order valence-corrected chi connectivity index (χ3v) is 3.78. The Hall–Kier alpha value is -0.690. The molecule has 1 nitrogen and oxygen atoms in total. The van der Waals surface area contributed by atoms with Gasteiger partial charge in [-0.1, -0.05) is 29.8 Å². The zero-order chi connectivity index (χ0) is 9.54. The number of nitrogens with zero attached hydrogens (tertiary/aromatic N) is 1. The molecule has 1 unspecified atom stereocenters. The molecule has 2 aliphatic heterocycles. The van der Waals surface area contributed by atoms with Crippen LogP contribution in [0.3, 0.4) is 0 Å². The van der Waals surface area contributed by atoms with Crippen LogP contribution in [0.2, 0.25) is 0 Å². The summed E-state index contributed by atoms with van der Waals surface area (Å²) >= 11 is 6.34. The van der Waals surface area contributed by atoms with Crippen LogP contribution in [0.1, 0.15) is 24.0 Å². The zero-order valence-corrected chi connectivity index (χ0v) is 8.93. The minimum atomic E-state index is 0.226. The predicted molar refractivity (Wildman–Crippen MR) is 60.1 cm³/mol. The lowest BCUT2D eigenvalue weighted by molar-refractivity contribution is 0.601. The monoisotopic (exact) mass is 207 g/mol. The minimum Gasteiger partial charge on any atom is -0.355 e. The Balaban J connectivity index is 2.17. The van der Waals surface area contributed by atoms with Crippen molar-refractivity contribution < 1.29 is 0 Å². The van der Waals surface area contributed by atoms with Crippen LogP contribution < -0.4 is 4.90 Å². The summed E-state index contributed by atoms with van der Waals surface area (Å²) in [5.74, 6) is 0. The van der Waals surface area contributed by atoms with Crippen LogP contribution >= 0.6 is 11.6 Å². The average Bonchev–Trinajstić information content (AvgIpc) is 2.24. The van der Waals surface area contributed by atoms with Crippen molar-refractivity contribution in [1.82, 2.24) is 0 Å². The molecule has 0 amide bonds. The average molecular weight is 208 g/mol. The smallest absolute Gasteiger partial charge is 0.104 e. The first-order chi connectivity index (χ1) is 6.86. The number of hydrogen-bond donors (Lipinski definition) is 0. The van der Waals surface area contributed by atoms with E-state index in [1.807, 2.05) is 0 Å². The molecule has 0 aliphatic carbocycles. The first-order valence-corrected chi connectivity index (χ1v) is 5.81. The largest absolute Gasteiger partial charge is 0.355 e. The number of hydrogen-bond acceptors (Lipinski definition) is 1. The van der Waals surface area contributed by atoms with E-state index in [-0.39, 0.29) is 5.50 Å². The second kappa shape index (κ2) is 3.16. The van der Waals surface area contributed by atoms with E-state index < -0.39 is 0 Å². The molecule has 0 aromatic heterocycles. The van der Waals surface area contributed by atoms with E-state index in [9.17, 15) is 0 Å². The Morgan fingerprint density at radius 1 is 1.21 bits per heavy atom. The molecule has 0 spiro atoms. The summed E-state index contributed by atoms with van der Waals surface area (Å²) < 4.78 is 0. The normalized spacial score (nSPS) is 24.6. The Morgan fingerprint density at radius 2 is 2.00 bits per heavy atom. The molecule has 0 saturated heterocycles. The third kappa shape index (κ3) is 1.15. The van der Waals surface area contributed by atoms with Gasteiger partial charge in [0.25, 0.3) is 0 Å². The summed E-state index contributed by atoms with van der Waals surface area (Å²) in [6.07, 6.45) is 4.72. The van der Waals surface area contributed by atoms with Gasteiger partial charge in [-0.25, -0.2) is 0 Å². The molecule has 14 heavy (non-hydrogen) atoms. The van der Waals surface area contributed by atoms with Crippen molar-refractivity contribution >= 4 is 17.3 Å². The molecule has 0 saturated carbocycles. The van der Waals surface area contributed by atoms with Gasteiger partial charge in [-0.2, -0.15) is 0 Å². The highest BCUT2D eigenvalue weighted by atomic mass is 35.5. The zero-order valence-electron chi connectivity index (χ0n) is 8.17. The van der Waals surface area contributed by atoms with E-state index in [0.29, 0.717) is 0 Å². The van der Waals surface area contributed by atoms with Crippen LogP contribution in [0.25, 0.3) is 0 Å². The fourth-order valence-electron chi connectivity index (χ4n) is 2.68. The summed E-state index contributed by atoms with van der Waals surface area (Å²) in [6.45, 7) is 1.14. The van der Waals surface area contributed by atoms with Crippen LogP contribution in [0.4, 0.5) is 5.69 Å². The highest BCUT2D eigenvalue weighted by molar-refractivity contribution is 6.22. The highest BCUT2D eigenvalue weighted by Crippen LogP contribution is 2.38. The van der Waals surface area contributed by atoms with Crippen molar-refractivity contribution in [2.24, 2.45) is 0 Å². The number of anilines is 1.